The third-order valence-corrected chi connectivity index (χ3v) is 6.23. The second-order valence-electron chi connectivity index (χ2n) is 5.69. The molecule has 0 amide bonds. The monoisotopic (exact) mass is 367 g/mol. The summed E-state index contributed by atoms with van der Waals surface area (Å²) in [6.07, 6.45) is 1.92. The molecule has 1 aliphatic rings. The molecule has 0 saturated heterocycles. The molecule has 0 aliphatic carbocycles. The van der Waals surface area contributed by atoms with Crippen molar-refractivity contribution >= 4 is 36.5 Å². The van der Waals surface area contributed by atoms with Crippen LogP contribution in [0.3, 0.4) is 0 Å². The molecule has 25 heavy (non-hydrogen) atoms. The summed E-state index contributed by atoms with van der Waals surface area (Å²) in [7, 11) is -3.35. The summed E-state index contributed by atoms with van der Waals surface area (Å²) in [5.74, 6) is 0.553. The zero-order valence-corrected chi connectivity index (χ0v) is 14.9. The summed E-state index contributed by atoms with van der Waals surface area (Å²) in [4.78, 5) is 13.7. The maximum absolute atomic E-state index is 13.7. The zero-order chi connectivity index (χ0) is 17.3. The summed E-state index contributed by atoms with van der Waals surface area (Å²) < 4.78 is 5.94. The normalized spacial score (nSPS) is 18.7. The van der Waals surface area contributed by atoms with E-state index in [4.69, 9.17) is 16.1 Å². The average Bonchev–Trinajstić information content (AvgIpc) is 2.62. The van der Waals surface area contributed by atoms with Crippen LogP contribution in [0, 0.1) is 0 Å². The first kappa shape index (κ1) is 16.2. The highest BCUT2D eigenvalue weighted by molar-refractivity contribution is 7.76. The lowest BCUT2D eigenvalue weighted by molar-refractivity contribution is -0.179. The molecule has 1 atom stereocenters. The smallest absolute Gasteiger partial charge is 0.277 e. The molecular weight excluding hydrogens is 353 g/mol. The van der Waals surface area contributed by atoms with Gasteiger partial charge in [0, 0.05) is 16.1 Å². The Kier molecular flexibility index (Phi) is 4.22. The van der Waals surface area contributed by atoms with E-state index in [9.17, 15) is 4.89 Å². The summed E-state index contributed by atoms with van der Waals surface area (Å²) in [5.41, 5.74) is 2.57. The van der Waals surface area contributed by atoms with E-state index < -0.39 is 7.87 Å². The molecule has 0 bridgehead atoms. The van der Waals surface area contributed by atoms with Crippen molar-refractivity contribution in [3.8, 4) is 5.75 Å². The number of hydrogen-bond donors (Lipinski definition) is 1. The van der Waals surface area contributed by atoms with Crippen LogP contribution in [0.15, 0.2) is 78.9 Å². The minimum Gasteiger partial charge on any atom is -0.625 e. The van der Waals surface area contributed by atoms with E-state index in [1.807, 2.05) is 60.7 Å². The molecule has 3 aromatic rings. The number of benzene rings is 3. The van der Waals surface area contributed by atoms with Crippen LogP contribution in [0.25, 0.3) is 11.4 Å². The lowest BCUT2D eigenvalue weighted by Gasteiger charge is -2.34. The van der Waals surface area contributed by atoms with Crippen LogP contribution >= 0.6 is 19.5 Å². The molecule has 3 aromatic carbocycles. The van der Waals surface area contributed by atoms with Gasteiger partial charge in [-0.25, -0.2) is 5.09 Å². The van der Waals surface area contributed by atoms with Crippen LogP contribution in [0.4, 0.5) is 5.69 Å². The number of anilines is 1. The molecule has 0 aromatic heterocycles. The van der Waals surface area contributed by atoms with Crippen molar-refractivity contribution in [2.45, 2.75) is 0 Å². The van der Waals surface area contributed by atoms with E-state index in [1.54, 1.807) is 24.3 Å². The Morgan fingerprint density at radius 3 is 2.28 bits per heavy atom. The summed E-state index contributed by atoms with van der Waals surface area (Å²) in [6.45, 7) is 0. The molecule has 124 valence electrons. The highest BCUT2D eigenvalue weighted by Gasteiger charge is 2.40. The van der Waals surface area contributed by atoms with Crippen molar-refractivity contribution in [1.29, 1.82) is 0 Å². The minimum absolute atomic E-state index is 0.553. The number of halogens is 1. The van der Waals surface area contributed by atoms with Gasteiger partial charge < -0.3 is 9.42 Å². The Morgan fingerprint density at radius 2 is 1.52 bits per heavy atom. The van der Waals surface area contributed by atoms with Gasteiger partial charge in [0.1, 0.15) is 0 Å². The molecule has 5 heteroatoms. The molecule has 0 radical (unpaired) electrons. The predicted octanol–water partition coefficient (Wildman–Crippen LogP) is 5.47. The first-order chi connectivity index (χ1) is 12.1. The number of fused-ring (bicyclic) bond motifs is 1. The van der Waals surface area contributed by atoms with Gasteiger partial charge in [-0.1, -0.05) is 48.0 Å². The Bertz CT molecular complexity index is 928. The molecular formula is C20H15ClNO2P. The molecule has 1 aliphatic heterocycles. The summed E-state index contributed by atoms with van der Waals surface area (Å²) >= 11 is 6.00. The zero-order valence-electron chi connectivity index (χ0n) is 13.2. The van der Waals surface area contributed by atoms with Crippen LogP contribution in [0.2, 0.25) is 5.02 Å². The van der Waals surface area contributed by atoms with Gasteiger partial charge in [-0.15, -0.1) is 0 Å². The Balaban J connectivity index is 1.82. The molecule has 4 rings (SSSR count). The second kappa shape index (κ2) is 6.53. The fraction of sp³-hybridized carbons (Fsp3) is 0. The van der Waals surface area contributed by atoms with Gasteiger partial charge in [0.15, 0.2) is 11.1 Å². The molecule has 0 spiro atoms. The predicted molar refractivity (Wildman–Crippen MR) is 103 cm³/mol. The molecule has 1 unspecified atom stereocenters. The number of rotatable bonds is 3. The maximum atomic E-state index is 13.7. The molecule has 0 fully saturated rings. The lowest BCUT2D eigenvalue weighted by Crippen LogP contribution is -2.26. The molecule has 0 saturated carbocycles. The van der Waals surface area contributed by atoms with Gasteiger partial charge >= 0.3 is 0 Å². The first-order valence-corrected chi connectivity index (χ1v) is 9.84. The standard InChI is InChI=1S/C20H15ClNO2P/c21-17-12-10-15(11-13-17)20-14-16-6-4-5-9-19(16)22-25(20,23)24-18-7-2-1-3-8-18/h1-14H,(H,22,23). The van der Waals surface area contributed by atoms with Crippen molar-refractivity contribution in [2.75, 3.05) is 5.09 Å². The van der Waals surface area contributed by atoms with E-state index >= 15 is 0 Å². The highest BCUT2D eigenvalue weighted by atomic mass is 35.5. The van der Waals surface area contributed by atoms with E-state index in [0.717, 1.165) is 16.8 Å². The quantitative estimate of drug-likeness (QED) is 0.625. The first-order valence-electron chi connectivity index (χ1n) is 7.84. The lowest BCUT2D eigenvalue weighted by atomic mass is 10.1. The molecule has 3 nitrogen and oxygen atoms in total. The van der Waals surface area contributed by atoms with E-state index in [0.29, 0.717) is 16.1 Å². The Labute approximate surface area is 152 Å². The van der Waals surface area contributed by atoms with Crippen molar-refractivity contribution in [2.24, 2.45) is 0 Å². The van der Waals surface area contributed by atoms with Gasteiger partial charge in [-0.3, -0.25) is 0 Å². The fourth-order valence-corrected chi connectivity index (χ4v) is 4.88. The van der Waals surface area contributed by atoms with E-state index in [-0.39, 0.29) is 0 Å². The average molecular weight is 368 g/mol. The highest BCUT2D eigenvalue weighted by Crippen LogP contribution is 2.65. The Hall–Kier alpha value is -2.32. The maximum Gasteiger partial charge on any atom is 0.277 e. The third-order valence-electron chi connectivity index (χ3n) is 3.95. The second-order valence-corrected chi connectivity index (χ2v) is 8.12. The minimum atomic E-state index is -3.35. The van der Waals surface area contributed by atoms with Gasteiger partial charge in [0.05, 0.1) is 5.69 Å². The largest absolute Gasteiger partial charge is 0.625 e. The number of para-hydroxylation sites is 2. The van der Waals surface area contributed by atoms with Gasteiger partial charge in [-0.2, -0.15) is 0 Å². The molecule has 1 N–H and O–H groups in total. The van der Waals surface area contributed by atoms with Gasteiger partial charge in [0.2, 0.25) is 0 Å². The van der Waals surface area contributed by atoms with Crippen molar-refractivity contribution in [3.05, 3.63) is 95.0 Å². The third kappa shape index (κ3) is 3.27. The van der Waals surface area contributed by atoms with E-state index in [2.05, 4.69) is 5.09 Å². The SMILES string of the molecule is [O-][P+]1(Oc2ccccc2)Nc2ccccc2C=C1c1ccc(Cl)cc1. The fourth-order valence-electron chi connectivity index (χ4n) is 2.75. The van der Waals surface area contributed by atoms with Crippen LogP contribution in [0.1, 0.15) is 11.1 Å². The summed E-state index contributed by atoms with van der Waals surface area (Å²) in [5, 5.41) is 4.37. The summed E-state index contributed by atoms with van der Waals surface area (Å²) in [6, 6.07) is 24.2. The number of nitrogens with one attached hydrogen (secondary N) is 1. The van der Waals surface area contributed by atoms with Crippen LogP contribution in [-0.2, 0) is 0 Å². The van der Waals surface area contributed by atoms with Gasteiger partial charge in [-0.05, 0) is 48.5 Å². The Morgan fingerprint density at radius 1 is 0.840 bits per heavy atom. The van der Waals surface area contributed by atoms with E-state index in [1.165, 1.54) is 0 Å². The number of hydrogen-bond acceptors (Lipinski definition) is 3. The van der Waals surface area contributed by atoms with Crippen LogP contribution in [0.5, 0.6) is 5.75 Å². The topological polar surface area (TPSA) is 44.3 Å². The van der Waals surface area contributed by atoms with Crippen LogP contribution in [-0.4, -0.2) is 0 Å². The van der Waals surface area contributed by atoms with Gasteiger partial charge in [0.25, 0.3) is 7.87 Å². The van der Waals surface area contributed by atoms with Crippen molar-refractivity contribution in [3.63, 3.8) is 0 Å². The van der Waals surface area contributed by atoms with Crippen molar-refractivity contribution in [1.82, 2.24) is 0 Å². The van der Waals surface area contributed by atoms with Crippen molar-refractivity contribution < 1.29 is 9.42 Å². The molecule has 1 heterocycles. The van der Waals surface area contributed by atoms with Crippen LogP contribution < -0.4 is 14.5 Å².